The zero-order valence-electron chi connectivity index (χ0n) is 34.7. The first-order valence-electron chi connectivity index (χ1n) is 20.1. The fraction of sp³-hybridized carbons (Fsp3) is 0.261. The number of hydrogen-bond donors (Lipinski definition) is 2. The summed E-state index contributed by atoms with van der Waals surface area (Å²) in [6.45, 7) is 0. The van der Waals surface area contributed by atoms with Gasteiger partial charge in [-0.3, -0.25) is 29.2 Å². The topological polar surface area (TPSA) is 153 Å². The molecule has 2 saturated heterocycles. The Hall–Kier alpha value is -7.74. The van der Waals surface area contributed by atoms with Crippen molar-refractivity contribution < 1.29 is 54.3 Å². The summed E-state index contributed by atoms with van der Waals surface area (Å²) in [4.78, 5) is 55.7. The van der Waals surface area contributed by atoms with Crippen LogP contribution in [0.5, 0.6) is 0 Å². The molecule has 2 heterocycles. The molecule has 4 atom stereocenters. The number of carbonyl (C=O) groups is 4. The molecule has 20 heteroatoms. The molecule has 6 amide bonds. The lowest BCUT2D eigenvalue weighted by atomic mass is 9.94. The number of nitrogens with zero attached hydrogens (tertiary/aromatic N) is 6. The van der Waals surface area contributed by atoms with E-state index in [4.69, 9.17) is 10.5 Å². The van der Waals surface area contributed by atoms with Crippen LogP contribution in [-0.2, 0) is 12.4 Å². The van der Waals surface area contributed by atoms with E-state index in [0.29, 0.717) is 25.7 Å². The maximum absolute atomic E-state index is 14.6. The maximum atomic E-state index is 14.6. The smallest absolute Gasteiger partial charge is 0.355 e. The third kappa shape index (κ3) is 8.49. The van der Waals surface area contributed by atoms with Crippen molar-refractivity contribution in [2.45, 2.75) is 62.2 Å². The van der Waals surface area contributed by atoms with Crippen LogP contribution >= 0.6 is 0 Å². The average Bonchev–Trinajstić information content (AvgIpc) is 3.76. The molecule has 0 saturated carbocycles. The van der Waals surface area contributed by atoms with Crippen molar-refractivity contribution in [3.05, 3.63) is 142 Å². The predicted octanol–water partition coefficient (Wildman–Crippen LogP) is 9.22. The van der Waals surface area contributed by atoms with E-state index in [-0.39, 0.29) is 33.9 Å². The van der Waals surface area contributed by atoms with Gasteiger partial charge in [-0.15, -0.1) is 0 Å². The van der Waals surface area contributed by atoms with Gasteiger partial charge in [0.25, 0.3) is 11.8 Å². The molecule has 12 nitrogen and oxygen atoms in total. The molecule has 4 aromatic carbocycles. The van der Waals surface area contributed by atoms with E-state index in [1.807, 2.05) is 24.3 Å². The second-order valence-corrected chi connectivity index (χ2v) is 15.4. The van der Waals surface area contributed by atoms with Crippen molar-refractivity contribution in [3.63, 3.8) is 0 Å². The molecule has 8 rings (SSSR count). The first kappa shape index (κ1) is 46.3. The van der Waals surface area contributed by atoms with E-state index >= 15 is 0 Å². The molecule has 340 valence electrons. The van der Waals surface area contributed by atoms with Gasteiger partial charge in [-0.25, -0.2) is 18.4 Å². The van der Waals surface area contributed by atoms with Gasteiger partial charge in [0.05, 0.1) is 69.7 Å². The third-order valence-corrected chi connectivity index (χ3v) is 11.7. The van der Waals surface area contributed by atoms with Gasteiger partial charge in [0.1, 0.15) is 11.6 Å². The molecule has 0 unspecified atom stereocenters. The average molecular weight is 917 g/mol. The minimum absolute atomic E-state index is 0.00146. The Labute approximate surface area is 371 Å². The third-order valence-electron chi connectivity index (χ3n) is 11.7. The summed E-state index contributed by atoms with van der Waals surface area (Å²) in [5, 5.41) is 22.8. The number of benzene rings is 4. The molecule has 0 bridgehead atoms. The first-order chi connectivity index (χ1) is 31.3. The highest BCUT2D eigenvalue weighted by Crippen LogP contribution is 2.43. The summed E-state index contributed by atoms with van der Waals surface area (Å²) in [6.07, 6.45) is -0.492. The summed E-state index contributed by atoms with van der Waals surface area (Å²) < 4.78 is 110. The van der Waals surface area contributed by atoms with Gasteiger partial charge in [0.15, 0.2) is 0 Å². The monoisotopic (exact) mass is 916 g/mol. The number of carbonyl (C=O) groups excluding carboxylic acids is 4. The number of amides is 6. The fourth-order valence-corrected chi connectivity index (χ4v) is 8.66. The van der Waals surface area contributed by atoms with Crippen molar-refractivity contribution in [1.29, 1.82) is 10.5 Å². The van der Waals surface area contributed by atoms with Gasteiger partial charge < -0.3 is 10.6 Å². The van der Waals surface area contributed by atoms with Gasteiger partial charge in [0, 0.05) is 36.8 Å². The van der Waals surface area contributed by atoms with Crippen LogP contribution in [0.4, 0.5) is 67.5 Å². The Balaban J connectivity index is 0.000000196. The highest BCUT2D eigenvalue weighted by Gasteiger charge is 2.49. The van der Waals surface area contributed by atoms with E-state index in [0.717, 1.165) is 36.4 Å². The number of rotatable bonds is 6. The number of halogens is 8. The minimum atomic E-state index is -4.77. The molecule has 2 aliphatic heterocycles. The largest absolute Gasteiger partial charge is 0.417 e. The predicted molar refractivity (Wildman–Crippen MR) is 225 cm³/mol. The van der Waals surface area contributed by atoms with Crippen molar-refractivity contribution in [2.75, 3.05) is 33.7 Å². The van der Waals surface area contributed by atoms with Crippen molar-refractivity contribution >= 4 is 46.6 Å². The van der Waals surface area contributed by atoms with Gasteiger partial charge in [0.2, 0.25) is 0 Å². The Morgan fingerprint density at radius 1 is 0.530 bits per heavy atom. The molecule has 2 aliphatic carbocycles. The van der Waals surface area contributed by atoms with E-state index < -0.39 is 94.3 Å². The van der Waals surface area contributed by atoms with Crippen LogP contribution in [0.2, 0.25) is 0 Å². The van der Waals surface area contributed by atoms with Crippen LogP contribution in [0.15, 0.2) is 97.1 Å². The molecule has 4 aromatic rings. The molecule has 0 aromatic heterocycles. The minimum Gasteiger partial charge on any atom is -0.355 e. The van der Waals surface area contributed by atoms with Gasteiger partial charge in [-0.1, -0.05) is 24.3 Å². The van der Waals surface area contributed by atoms with E-state index in [1.165, 1.54) is 82.2 Å². The summed E-state index contributed by atoms with van der Waals surface area (Å²) >= 11 is 0. The highest BCUT2D eigenvalue weighted by molar-refractivity contribution is 6.09. The first-order valence-corrected chi connectivity index (χ1v) is 20.1. The van der Waals surface area contributed by atoms with Crippen LogP contribution < -0.4 is 30.2 Å². The Kier molecular flexibility index (Phi) is 12.6. The van der Waals surface area contributed by atoms with E-state index in [2.05, 4.69) is 10.6 Å². The summed E-state index contributed by atoms with van der Waals surface area (Å²) in [5.41, 5.74) is -3.31. The van der Waals surface area contributed by atoms with Crippen molar-refractivity contribution in [1.82, 2.24) is 10.6 Å². The summed E-state index contributed by atoms with van der Waals surface area (Å²) in [5.74, 6) is -2.88. The molecule has 2 fully saturated rings. The fourth-order valence-electron chi connectivity index (χ4n) is 8.66. The maximum Gasteiger partial charge on any atom is 0.417 e. The highest BCUT2D eigenvalue weighted by atomic mass is 19.4. The number of fused-ring (bicyclic) bond motifs is 2. The number of hydrogen-bond acceptors (Lipinski definition) is 6. The summed E-state index contributed by atoms with van der Waals surface area (Å²) in [7, 11) is 2.73. The Morgan fingerprint density at radius 3 is 1.08 bits per heavy atom. The van der Waals surface area contributed by atoms with Crippen LogP contribution in [-0.4, -0.2) is 62.1 Å². The van der Waals surface area contributed by atoms with Crippen LogP contribution in [0.1, 0.15) is 68.7 Å². The van der Waals surface area contributed by atoms with Gasteiger partial charge in [-0.05, 0) is 98.5 Å². The quantitative estimate of drug-likeness (QED) is 0.145. The van der Waals surface area contributed by atoms with Crippen LogP contribution in [0.25, 0.3) is 0 Å². The Morgan fingerprint density at radius 2 is 0.818 bits per heavy atom. The molecule has 0 radical (unpaired) electrons. The zero-order chi connectivity index (χ0) is 47.8. The number of urea groups is 2. The van der Waals surface area contributed by atoms with E-state index in [1.54, 1.807) is 0 Å². The van der Waals surface area contributed by atoms with E-state index in [9.17, 15) is 54.3 Å². The number of anilines is 4. The lowest BCUT2D eigenvalue weighted by molar-refractivity contribution is -0.138. The molecule has 66 heavy (non-hydrogen) atoms. The zero-order valence-corrected chi connectivity index (χ0v) is 34.7. The summed E-state index contributed by atoms with van der Waals surface area (Å²) in [6, 6.07) is 13.8. The molecular formula is C46H36F8N8O4. The standard InChI is InChI=1S/2C23H18F4N4O2/c2*1-29-21(32)16-9-8-15(11-18(16)24)31-20-5-3-2-4-19(20)30(22(31)33)14-7-6-13(12-28)17(10-14)23(25,26)27/h2*2-3,6-11,19-20H,4-5H2,1H3,(H,29,32)/t2*19-,20-/m10/s1. The van der Waals surface area contributed by atoms with Crippen LogP contribution in [0.3, 0.4) is 0 Å². The molecule has 4 aliphatic rings. The lowest BCUT2D eigenvalue weighted by Crippen LogP contribution is -2.38. The Bertz CT molecular complexity index is 2590. The van der Waals surface area contributed by atoms with Crippen molar-refractivity contribution in [3.8, 4) is 12.1 Å². The second-order valence-electron chi connectivity index (χ2n) is 15.4. The molecule has 2 N–H and O–H groups in total. The molecule has 0 spiro atoms. The lowest BCUT2D eigenvalue weighted by Gasteiger charge is -2.29. The van der Waals surface area contributed by atoms with Gasteiger partial charge in [-0.2, -0.15) is 36.9 Å². The second kappa shape index (κ2) is 18.0. The van der Waals surface area contributed by atoms with Crippen LogP contribution in [0, 0.1) is 34.3 Å². The normalized spacial score (nSPS) is 19.9. The number of nitrogens with one attached hydrogen (secondary N) is 2. The number of alkyl halides is 6. The SMILES string of the molecule is CNC(=O)c1ccc(N2C(=O)N(c3ccc(C#N)c(C(F)(F)F)c3)[C@@H]3CC=CC[C@H]32)cc1F.CNC(=O)c1ccc(N2C(=O)N(c3ccc(C#N)c(C(F)(F)F)c3)[C@H]3CC=CC[C@@H]32)cc1F. The molecular weight excluding hydrogens is 881 g/mol. The van der Waals surface area contributed by atoms with Gasteiger partial charge >= 0.3 is 24.4 Å². The number of nitriles is 2. The van der Waals surface area contributed by atoms with Crippen molar-refractivity contribution in [2.24, 2.45) is 0 Å².